The summed E-state index contributed by atoms with van der Waals surface area (Å²) >= 11 is 0. The number of piperazine rings is 1. The normalized spacial score (nSPS) is 24.0. The van der Waals surface area contributed by atoms with Crippen molar-refractivity contribution in [2.24, 2.45) is 5.92 Å². The number of carbonyl (C=O) groups is 2. The summed E-state index contributed by atoms with van der Waals surface area (Å²) < 4.78 is 31.8. The van der Waals surface area contributed by atoms with Gasteiger partial charge in [-0.05, 0) is 56.9 Å². The van der Waals surface area contributed by atoms with Gasteiger partial charge < -0.3 is 24.4 Å². The monoisotopic (exact) mass is 512 g/mol. The van der Waals surface area contributed by atoms with Crippen LogP contribution < -0.4 is 10.1 Å². The molecule has 2 saturated heterocycles. The number of nitrogens with one attached hydrogen (secondary N) is 1. The van der Waals surface area contributed by atoms with Crippen molar-refractivity contribution in [3.63, 3.8) is 0 Å². The van der Waals surface area contributed by atoms with Gasteiger partial charge in [0.2, 0.25) is 11.7 Å². The molecule has 37 heavy (non-hydrogen) atoms. The van der Waals surface area contributed by atoms with Gasteiger partial charge in [-0.1, -0.05) is 30.3 Å². The highest BCUT2D eigenvalue weighted by Crippen LogP contribution is 2.37. The Bertz CT molecular complexity index is 1110. The van der Waals surface area contributed by atoms with E-state index < -0.39 is 29.3 Å². The number of halogens is 1. The largest absolute Gasteiger partial charge is 0.494 e. The van der Waals surface area contributed by atoms with Crippen molar-refractivity contribution in [1.29, 1.82) is 0 Å². The van der Waals surface area contributed by atoms with Crippen LogP contribution in [0, 0.1) is 11.7 Å². The number of nitrogens with zero attached hydrogens (tertiary/aromatic N) is 1. The van der Waals surface area contributed by atoms with Crippen molar-refractivity contribution >= 4 is 11.9 Å². The van der Waals surface area contributed by atoms with E-state index in [1.54, 1.807) is 36.9 Å². The summed E-state index contributed by atoms with van der Waals surface area (Å²) in [7, 11) is 0. The lowest BCUT2D eigenvalue weighted by Gasteiger charge is -2.47. The maximum absolute atomic E-state index is 14.9. The van der Waals surface area contributed by atoms with E-state index in [4.69, 9.17) is 14.2 Å². The Hall–Kier alpha value is -2.97. The van der Waals surface area contributed by atoms with Crippen molar-refractivity contribution in [2.45, 2.75) is 64.4 Å². The fourth-order valence-corrected chi connectivity index (χ4v) is 5.33. The fourth-order valence-electron chi connectivity index (χ4n) is 5.33. The van der Waals surface area contributed by atoms with Crippen LogP contribution in [0.2, 0.25) is 0 Å². The molecule has 2 aliphatic rings. The van der Waals surface area contributed by atoms with E-state index in [9.17, 15) is 14.0 Å². The van der Waals surface area contributed by atoms with Crippen LogP contribution in [0.15, 0.2) is 48.5 Å². The van der Waals surface area contributed by atoms with E-state index in [0.29, 0.717) is 44.6 Å². The molecule has 2 aliphatic heterocycles. The molecular weight excluding hydrogens is 475 g/mol. The van der Waals surface area contributed by atoms with E-state index >= 15 is 0 Å². The number of ether oxygens (including phenoxy) is 3. The van der Waals surface area contributed by atoms with Crippen molar-refractivity contribution in [3.05, 3.63) is 65.5 Å². The molecule has 2 heterocycles. The van der Waals surface area contributed by atoms with Crippen LogP contribution in [0.1, 0.15) is 51.7 Å². The van der Waals surface area contributed by atoms with Crippen LogP contribution in [-0.4, -0.2) is 54.9 Å². The third-order valence-electron chi connectivity index (χ3n) is 7.18. The summed E-state index contributed by atoms with van der Waals surface area (Å²) in [6.07, 6.45) is 0.815. The molecule has 2 aromatic rings. The summed E-state index contributed by atoms with van der Waals surface area (Å²) in [6.45, 7) is 9.12. The second kappa shape index (κ2) is 11.2. The molecule has 1 amide bonds. The van der Waals surface area contributed by atoms with Gasteiger partial charge in [0.05, 0.1) is 18.1 Å². The minimum atomic E-state index is -1.10. The zero-order valence-corrected chi connectivity index (χ0v) is 22.1. The lowest BCUT2D eigenvalue weighted by atomic mass is 9.84. The van der Waals surface area contributed by atoms with Crippen LogP contribution in [0.3, 0.4) is 0 Å². The zero-order chi connectivity index (χ0) is 26.6. The molecule has 0 aliphatic carbocycles. The molecule has 0 aromatic heterocycles. The molecule has 1 N–H and O–H groups in total. The minimum absolute atomic E-state index is 0.224. The summed E-state index contributed by atoms with van der Waals surface area (Å²) in [6, 6.07) is 14.4. The number of rotatable bonds is 9. The first-order valence-electron chi connectivity index (χ1n) is 13.0. The summed E-state index contributed by atoms with van der Waals surface area (Å²) in [4.78, 5) is 28.7. The molecule has 2 fully saturated rings. The Morgan fingerprint density at radius 2 is 1.92 bits per heavy atom. The van der Waals surface area contributed by atoms with Crippen LogP contribution in [0.25, 0.3) is 0 Å². The average molecular weight is 513 g/mol. The van der Waals surface area contributed by atoms with E-state index in [0.717, 1.165) is 17.7 Å². The van der Waals surface area contributed by atoms with Gasteiger partial charge >= 0.3 is 5.97 Å². The van der Waals surface area contributed by atoms with E-state index in [1.165, 1.54) is 6.07 Å². The first kappa shape index (κ1) is 27.1. The maximum Gasteiger partial charge on any atom is 0.338 e. The van der Waals surface area contributed by atoms with Gasteiger partial charge in [-0.15, -0.1) is 0 Å². The first-order chi connectivity index (χ1) is 17.6. The van der Waals surface area contributed by atoms with Gasteiger partial charge in [0, 0.05) is 39.0 Å². The molecule has 4 rings (SSSR count). The van der Waals surface area contributed by atoms with Crippen molar-refractivity contribution in [1.82, 2.24) is 10.2 Å². The highest BCUT2D eigenvalue weighted by Gasteiger charge is 2.51. The zero-order valence-electron chi connectivity index (χ0n) is 22.1. The van der Waals surface area contributed by atoms with Crippen molar-refractivity contribution < 1.29 is 28.2 Å². The molecule has 0 radical (unpaired) electrons. The Kier molecular flexibility index (Phi) is 8.19. The van der Waals surface area contributed by atoms with Crippen molar-refractivity contribution in [2.75, 3.05) is 26.2 Å². The maximum atomic E-state index is 14.9. The van der Waals surface area contributed by atoms with Gasteiger partial charge in [0.1, 0.15) is 11.6 Å². The third-order valence-corrected chi connectivity index (χ3v) is 7.18. The van der Waals surface area contributed by atoms with Gasteiger partial charge in [-0.3, -0.25) is 4.79 Å². The van der Waals surface area contributed by atoms with Gasteiger partial charge in [0.15, 0.2) is 6.10 Å². The molecule has 0 bridgehead atoms. The number of benzene rings is 2. The molecule has 7 nitrogen and oxygen atoms in total. The number of hydrogen-bond acceptors (Lipinski definition) is 6. The van der Waals surface area contributed by atoms with E-state index in [2.05, 4.69) is 5.32 Å². The summed E-state index contributed by atoms with van der Waals surface area (Å²) in [5, 5.41) is 3.30. The molecule has 0 saturated carbocycles. The number of aryl methyl sites for hydroxylation is 1. The number of amides is 1. The van der Waals surface area contributed by atoms with Crippen LogP contribution >= 0.6 is 0 Å². The highest BCUT2D eigenvalue weighted by molar-refractivity contribution is 5.88. The molecule has 0 spiro atoms. The summed E-state index contributed by atoms with van der Waals surface area (Å²) in [5.41, 5.74) is 0.647. The molecule has 200 valence electrons. The van der Waals surface area contributed by atoms with Crippen LogP contribution in [0.4, 0.5) is 4.39 Å². The molecule has 8 heteroatoms. The standard InChI is InChI=1S/C29H37FN2O5/c1-5-35-21-15-13-20(14-16-21)9-8-10-22(25-27(34)37-28(2,3)36-25)26(33)32-18-17-31-19-29(32,4)23-11-6-7-12-24(23)30/h6-7,11-16,22,25,31H,5,8-10,17-19H2,1-4H3/t22-,25+,29+/m1/s1. The smallest absolute Gasteiger partial charge is 0.338 e. The predicted molar refractivity (Wildman–Crippen MR) is 137 cm³/mol. The molecule has 0 unspecified atom stereocenters. The van der Waals surface area contributed by atoms with E-state index in [-0.39, 0.29) is 11.7 Å². The quantitative estimate of drug-likeness (QED) is 0.508. The Morgan fingerprint density at radius 3 is 2.57 bits per heavy atom. The average Bonchev–Trinajstić information content (AvgIpc) is 3.14. The van der Waals surface area contributed by atoms with Gasteiger partial charge in [-0.2, -0.15) is 0 Å². The second-order valence-electron chi connectivity index (χ2n) is 10.4. The van der Waals surface area contributed by atoms with Crippen LogP contribution in [0.5, 0.6) is 5.75 Å². The van der Waals surface area contributed by atoms with Gasteiger partial charge in [-0.25, -0.2) is 9.18 Å². The minimum Gasteiger partial charge on any atom is -0.494 e. The lowest BCUT2D eigenvalue weighted by Crippen LogP contribution is -2.62. The van der Waals surface area contributed by atoms with Gasteiger partial charge in [0.25, 0.3) is 0 Å². The number of carbonyl (C=O) groups excluding carboxylic acids is 2. The Labute approximate surface area is 218 Å². The van der Waals surface area contributed by atoms with Crippen LogP contribution in [-0.2, 0) is 31.0 Å². The molecular formula is C29H37FN2O5. The first-order valence-corrected chi connectivity index (χ1v) is 13.0. The Morgan fingerprint density at radius 1 is 1.19 bits per heavy atom. The molecule has 2 aromatic carbocycles. The highest BCUT2D eigenvalue weighted by atomic mass is 19.1. The molecule has 3 atom stereocenters. The summed E-state index contributed by atoms with van der Waals surface area (Å²) in [5.74, 6) is -2.16. The fraction of sp³-hybridized carbons (Fsp3) is 0.517. The lowest BCUT2D eigenvalue weighted by molar-refractivity contribution is -0.164. The Balaban J connectivity index is 1.57. The van der Waals surface area contributed by atoms with Crippen molar-refractivity contribution in [3.8, 4) is 5.75 Å². The topological polar surface area (TPSA) is 77.1 Å². The third kappa shape index (κ3) is 5.96. The predicted octanol–water partition coefficient (Wildman–Crippen LogP) is 4.19. The number of cyclic esters (lactones) is 1. The number of esters is 1. The van der Waals surface area contributed by atoms with E-state index in [1.807, 2.05) is 38.1 Å². The number of hydrogen-bond donors (Lipinski definition) is 1. The second-order valence-corrected chi connectivity index (χ2v) is 10.4. The SMILES string of the molecule is CCOc1ccc(CCC[C@@H](C(=O)N2CCNC[C@@]2(C)c2ccccc2F)[C@@H]2OC(C)(C)OC2=O)cc1.